The molecule has 0 aliphatic heterocycles. The molecular formula is C17H17N3O. The van der Waals surface area contributed by atoms with E-state index in [4.69, 9.17) is 0 Å². The first-order valence-electron chi connectivity index (χ1n) is 6.89. The molecule has 106 valence electrons. The minimum atomic E-state index is -0.0840. The van der Waals surface area contributed by atoms with Gasteiger partial charge in [-0.15, -0.1) is 0 Å². The first-order chi connectivity index (χ1) is 10.1. The minimum Gasteiger partial charge on any atom is -0.323 e. The number of fused-ring (bicyclic) bond motifs is 1. The summed E-state index contributed by atoms with van der Waals surface area (Å²) < 4.78 is 1.87. The van der Waals surface area contributed by atoms with E-state index in [1.165, 1.54) is 17.7 Å². The molecule has 0 radical (unpaired) electrons. The Balaban J connectivity index is 2.12. The lowest BCUT2D eigenvalue weighted by atomic mass is 10.1. The summed E-state index contributed by atoms with van der Waals surface area (Å²) in [6, 6.07) is 14.4. The van der Waals surface area contributed by atoms with E-state index in [-0.39, 0.29) is 5.91 Å². The molecule has 3 aromatic rings. The predicted molar refractivity (Wildman–Crippen MR) is 84.8 cm³/mol. The van der Waals surface area contributed by atoms with Crippen molar-refractivity contribution in [2.45, 2.75) is 20.8 Å². The van der Waals surface area contributed by atoms with E-state index in [0.717, 1.165) is 22.8 Å². The highest BCUT2D eigenvalue weighted by atomic mass is 16.1. The van der Waals surface area contributed by atoms with Gasteiger partial charge in [-0.05, 0) is 36.8 Å². The maximum atomic E-state index is 11.3. The van der Waals surface area contributed by atoms with Gasteiger partial charge in [0.15, 0.2) is 0 Å². The Labute approximate surface area is 123 Å². The van der Waals surface area contributed by atoms with Crippen molar-refractivity contribution < 1.29 is 4.79 Å². The van der Waals surface area contributed by atoms with Crippen molar-refractivity contribution >= 4 is 22.4 Å². The lowest BCUT2D eigenvalue weighted by Gasteiger charge is -2.07. The average molecular weight is 279 g/mol. The number of anilines is 1. The zero-order valence-corrected chi connectivity index (χ0v) is 12.3. The smallest absolute Gasteiger partial charge is 0.221 e. The third-order valence-electron chi connectivity index (χ3n) is 3.57. The minimum absolute atomic E-state index is 0.0840. The zero-order chi connectivity index (χ0) is 15.0. The second-order valence-electron chi connectivity index (χ2n) is 5.17. The topological polar surface area (TPSA) is 46.9 Å². The monoisotopic (exact) mass is 279 g/mol. The van der Waals surface area contributed by atoms with Gasteiger partial charge in [0.2, 0.25) is 5.91 Å². The molecule has 1 heterocycles. The lowest BCUT2D eigenvalue weighted by molar-refractivity contribution is -0.114. The molecule has 0 atom stereocenters. The highest BCUT2D eigenvalue weighted by molar-refractivity contribution is 5.90. The summed E-state index contributed by atoms with van der Waals surface area (Å²) in [5.41, 5.74) is 3.52. The van der Waals surface area contributed by atoms with Gasteiger partial charge >= 0.3 is 0 Å². The predicted octanol–water partition coefficient (Wildman–Crippen LogP) is 3.60. The maximum Gasteiger partial charge on any atom is 0.221 e. The number of aryl methyl sites for hydroxylation is 1. The fourth-order valence-electron chi connectivity index (χ4n) is 2.56. The normalized spacial score (nSPS) is 10.8. The molecular weight excluding hydrogens is 262 g/mol. The van der Waals surface area contributed by atoms with Crippen LogP contribution in [0.4, 0.5) is 5.69 Å². The van der Waals surface area contributed by atoms with E-state index in [1.54, 1.807) is 0 Å². The van der Waals surface area contributed by atoms with Gasteiger partial charge in [0, 0.05) is 6.92 Å². The molecule has 4 heteroatoms. The van der Waals surface area contributed by atoms with E-state index in [0.29, 0.717) is 0 Å². The molecule has 0 fully saturated rings. The Morgan fingerprint density at radius 2 is 1.81 bits per heavy atom. The summed E-state index contributed by atoms with van der Waals surface area (Å²) in [5, 5.41) is 9.76. The summed E-state index contributed by atoms with van der Waals surface area (Å²) in [6.45, 7) is 5.36. The molecule has 0 aliphatic carbocycles. The van der Waals surface area contributed by atoms with E-state index in [1.807, 2.05) is 36.7 Å². The van der Waals surface area contributed by atoms with Gasteiger partial charge in [0.05, 0.1) is 22.8 Å². The molecule has 21 heavy (non-hydrogen) atoms. The van der Waals surface area contributed by atoms with Crippen LogP contribution in [0.5, 0.6) is 0 Å². The van der Waals surface area contributed by atoms with Gasteiger partial charge in [-0.3, -0.25) is 4.79 Å². The molecule has 1 amide bonds. The van der Waals surface area contributed by atoms with Crippen molar-refractivity contribution in [3.63, 3.8) is 0 Å². The third-order valence-corrected chi connectivity index (χ3v) is 3.57. The van der Waals surface area contributed by atoms with Crippen LogP contribution in [0.2, 0.25) is 0 Å². The molecule has 2 aromatic carbocycles. The van der Waals surface area contributed by atoms with Crippen molar-refractivity contribution in [3.8, 4) is 5.69 Å². The first kappa shape index (κ1) is 13.4. The second-order valence-corrected chi connectivity index (χ2v) is 5.17. The van der Waals surface area contributed by atoms with Crippen LogP contribution in [0.1, 0.15) is 18.3 Å². The van der Waals surface area contributed by atoms with Gasteiger partial charge in [-0.2, -0.15) is 5.10 Å². The van der Waals surface area contributed by atoms with Gasteiger partial charge in [-0.1, -0.05) is 30.3 Å². The van der Waals surface area contributed by atoms with E-state index in [2.05, 4.69) is 34.7 Å². The van der Waals surface area contributed by atoms with Crippen LogP contribution in [0.3, 0.4) is 0 Å². The number of hydrogen-bond acceptors (Lipinski definition) is 2. The first-order valence-corrected chi connectivity index (χ1v) is 6.89. The summed E-state index contributed by atoms with van der Waals surface area (Å²) in [5.74, 6) is -0.0840. The van der Waals surface area contributed by atoms with Crippen LogP contribution >= 0.6 is 0 Å². The molecule has 0 saturated heterocycles. The summed E-state index contributed by atoms with van der Waals surface area (Å²) >= 11 is 0. The molecule has 0 bridgehead atoms. The molecule has 0 aliphatic rings. The number of nitrogens with zero attached hydrogens (tertiary/aromatic N) is 2. The Kier molecular flexibility index (Phi) is 3.22. The molecule has 3 rings (SSSR count). The molecule has 0 saturated carbocycles. The van der Waals surface area contributed by atoms with Gasteiger partial charge in [-0.25, -0.2) is 4.68 Å². The number of aromatic nitrogens is 2. The number of carbonyl (C=O) groups excluding carboxylic acids is 1. The van der Waals surface area contributed by atoms with Crippen LogP contribution in [-0.2, 0) is 4.79 Å². The number of rotatable bonds is 2. The SMILES string of the molecule is CC(=O)Nc1c(C)nn(-c2ccc3ccccc3c2)c1C. The third kappa shape index (κ3) is 2.40. The Morgan fingerprint density at radius 1 is 1.10 bits per heavy atom. The summed E-state index contributed by atoms with van der Waals surface area (Å²) in [6.07, 6.45) is 0. The average Bonchev–Trinajstić information content (AvgIpc) is 2.74. The fourth-order valence-corrected chi connectivity index (χ4v) is 2.56. The van der Waals surface area contributed by atoms with Crippen LogP contribution < -0.4 is 5.32 Å². The zero-order valence-electron chi connectivity index (χ0n) is 12.3. The Bertz CT molecular complexity index is 833. The van der Waals surface area contributed by atoms with E-state index >= 15 is 0 Å². The maximum absolute atomic E-state index is 11.3. The molecule has 0 unspecified atom stereocenters. The van der Waals surface area contributed by atoms with E-state index < -0.39 is 0 Å². The van der Waals surface area contributed by atoms with Gasteiger partial charge in [0.25, 0.3) is 0 Å². The quantitative estimate of drug-likeness (QED) is 0.779. The summed E-state index contributed by atoms with van der Waals surface area (Å²) in [7, 11) is 0. The van der Waals surface area contributed by atoms with Gasteiger partial charge in [0.1, 0.15) is 0 Å². The van der Waals surface area contributed by atoms with Crippen molar-refractivity contribution in [1.29, 1.82) is 0 Å². The lowest BCUT2D eigenvalue weighted by Crippen LogP contribution is -2.07. The number of hydrogen-bond donors (Lipinski definition) is 1. The van der Waals surface area contributed by atoms with Gasteiger partial charge < -0.3 is 5.32 Å². The van der Waals surface area contributed by atoms with Crippen molar-refractivity contribution in [1.82, 2.24) is 9.78 Å². The highest BCUT2D eigenvalue weighted by Gasteiger charge is 2.13. The second kappa shape index (κ2) is 5.05. The Morgan fingerprint density at radius 3 is 2.52 bits per heavy atom. The number of nitrogens with one attached hydrogen (secondary N) is 1. The van der Waals surface area contributed by atoms with E-state index in [9.17, 15) is 4.79 Å². The van der Waals surface area contributed by atoms with Crippen molar-refractivity contribution in [2.24, 2.45) is 0 Å². The molecule has 4 nitrogen and oxygen atoms in total. The Hall–Kier alpha value is -2.62. The number of carbonyl (C=O) groups is 1. The fraction of sp³-hybridized carbons (Fsp3) is 0.176. The van der Waals surface area contributed by atoms with Crippen LogP contribution in [0.25, 0.3) is 16.5 Å². The van der Waals surface area contributed by atoms with Crippen molar-refractivity contribution in [2.75, 3.05) is 5.32 Å². The van der Waals surface area contributed by atoms with Crippen LogP contribution in [0.15, 0.2) is 42.5 Å². The highest BCUT2D eigenvalue weighted by Crippen LogP contribution is 2.25. The molecule has 0 spiro atoms. The summed E-state index contributed by atoms with van der Waals surface area (Å²) in [4.78, 5) is 11.3. The standard InChI is InChI=1S/C17H17N3O/c1-11-17(18-13(3)21)12(2)20(19-11)16-9-8-14-6-4-5-7-15(14)10-16/h4-10H,1-3H3,(H,18,21). The number of benzene rings is 2. The largest absolute Gasteiger partial charge is 0.323 e. The number of amides is 1. The van der Waals surface area contributed by atoms with Crippen LogP contribution in [0, 0.1) is 13.8 Å². The molecule has 1 aromatic heterocycles. The van der Waals surface area contributed by atoms with Crippen molar-refractivity contribution in [3.05, 3.63) is 53.9 Å². The molecule has 1 N–H and O–H groups in total. The van der Waals surface area contributed by atoms with Crippen LogP contribution in [-0.4, -0.2) is 15.7 Å².